The van der Waals surface area contributed by atoms with E-state index in [0.717, 1.165) is 18.4 Å². The first kappa shape index (κ1) is 24.6. The summed E-state index contributed by atoms with van der Waals surface area (Å²) in [6, 6.07) is 12.4. The van der Waals surface area contributed by atoms with Crippen LogP contribution in [0.15, 0.2) is 48.7 Å². The van der Waals surface area contributed by atoms with Gasteiger partial charge < -0.3 is 14.2 Å². The zero-order chi connectivity index (χ0) is 24.9. The van der Waals surface area contributed by atoms with E-state index in [9.17, 15) is 9.18 Å². The van der Waals surface area contributed by atoms with E-state index in [1.807, 2.05) is 38.1 Å². The van der Waals surface area contributed by atoms with Crippen LogP contribution >= 0.6 is 0 Å². The van der Waals surface area contributed by atoms with Crippen LogP contribution in [0.1, 0.15) is 61.9 Å². The minimum absolute atomic E-state index is 0.0315. The normalized spacial score (nSPS) is 14.0. The summed E-state index contributed by atoms with van der Waals surface area (Å²) in [5.41, 5.74) is 3.28. The van der Waals surface area contributed by atoms with Crippen LogP contribution in [0, 0.1) is 11.7 Å². The molecule has 184 valence electrons. The molecule has 0 unspecified atom stereocenters. The summed E-state index contributed by atoms with van der Waals surface area (Å²) >= 11 is 0. The number of halogens is 1. The number of rotatable bonds is 10. The predicted octanol–water partition coefficient (Wildman–Crippen LogP) is 6.05. The molecule has 6 nitrogen and oxygen atoms in total. The minimum Gasteiger partial charge on any atom is -0.497 e. The Kier molecular flexibility index (Phi) is 7.63. The molecule has 0 amide bonds. The van der Waals surface area contributed by atoms with Crippen molar-refractivity contribution >= 4 is 5.97 Å². The number of carbonyl (C=O) groups is 1. The molecule has 0 bridgehead atoms. The maximum atomic E-state index is 14.6. The molecule has 1 heterocycles. The maximum absolute atomic E-state index is 14.6. The highest BCUT2D eigenvalue weighted by Gasteiger charge is 2.34. The molecular formula is C28H31FN2O4. The lowest BCUT2D eigenvalue weighted by Crippen LogP contribution is -2.11. The van der Waals surface area contributed by atoms with Crippen LogP contribution in [0.25, 0.3) is 11.3 Å². The number of nitrogens with zero attached hydrogens (tertiary/aromatic N) is 2. The molecule has 0 saturated heterocycles. The standard InChI is InChI=1S/C28H31FN2O4/c1-17(2)27-28(24-13-21(33-3)10-11-25(24)29)30-15-20(31-27)16-35-22-7-5-6-19(12-22)23(18-8-9-18)14-26(32)34-4/h5-7,10-13,15,17-18,23H,8-9,14,16H2,1-4H3/t23-/m0/s1. The van der Waals surface area contributed by atoms with Gasteiger partial charge in [-0.2, -0.15) is 0 Å². The van der Waals surface area contributed by atoms with Crippen LogP contribution in [0.3, 0.4) is 0 Å². The van der Waals surface area contributed by atoms with Gasteiger partial charge in [0.2, 0.25) is 0 Å². The Bertz CT molecular complexity index is 1190. The number of methoxy groups -OCH3 is 2. The van der Waals surface area contributed by atoms with E-state index in [2.05, 4.69) is 4.98 Å². The summed E-state index contributed by atoms with van der Waals surface area (Å²) < 4.78 is 30.8. The number of hydrogen-bond acceptors (Lipinski definition) is 6. The first-order valence-corrected chi connectivity index (χ1v) is 11.9. The Morgan fingerprint density at radius 2 is 1.91 bits per heavy atom. The Morgan fingerprint density at radius 1 is 1.11 bits per heavy atom. The van der Waals surface area contributed by atoms with Gasteiger partial charge >= 0.3 is 5.97 Å². The average molecular weight is 479 g/mol. The number of hydrogen-bond donors (Lipinski definition) is 0. The quantitative estimate of drug-likeness (QED) is 0.330. The summed E-state index contributed by atoms with van der Waals surface area (Å²) in [6.45, 7) is 4.22. The molecule has 0 radical (unpaired) electrons. The van der Waals surface area contributed by atoms with E-state index < -0.39 is 0 Å². The maximum Gasteiger partial charge on any atom is 0.306 e. The average Bonchev–Trinajstić information content (AvgIpc) is 3.71. The van der Waals surface area contributed by atoms with E-state index in [1.165, 1.54) is 13.2 Å². The Balaban J connectivity index is 1.53. The van der Waals surface area contributed by atoms with E-state index in [1.54, 1.807) is 25.4 Å². The summed E-state index contributed by atoms with van der Waals surface area (Å²) in [7, 11) is 2.97. The van der Waals surface area contributed by atoms with Gasteiger partial charge in [-0.15, -0.1) is 0 Å². The van der Waals surface area contributed by atoms with Crippen LogP contribution in [0.2, 0.25) is 0 Å². The van der Waals surface area contributed by atoms with Gasteiger partial charge in [0, 0.05) is 5.56 Å². The van der Waals surface area contributed by atoms with Gasteiger partial charge in [-0.1, -0.05) is 26.0 Å². The third-order valence-corrected chi connectivity index (χ3v) is 6.30. The Morgan fingerprint density at radius 3 is 2.60 bits per heavy atom. The molecule has 7 heteroatoms. The molecule has 4 rings (SSSR count). The highest BCUT2D eigenvalue weighted by Crippen LogP contribution is 2.45. The number of benzene rings is 2. The summed E-state index contributed by atoms with van der Waals surface area (Å²) in [5, 5.41) is 0. The zero-order valence-electron chi connectivity index (χ0n) is 20.6. The van der Waals surface area contributed by atoms with Crippen LogP contribution in [-0.2, 0) is 16.1 Å². The van der Waals surface area contributed by atoms with Gasteiger partial charge in [-0.05, 0) is 66.5 Å². The molecule has 1 fully saturated rings. The van der Waals surface area contributed by atoms with E-state index >= 15 is 0 Å². The van der Waals surface area contributed by atoms with Gasteiger partial charge in [0.1, 0.15) is 23.9 Å². The lowest BCUT2D eigenvalue weighted by molar-refractivity contribution is -0.141. The van der Waals surface area contributed by atoms with Crippen molar-refractivity contribution in [1.82, 2.24) is 9.97 Å². The van der Waals surface area contributed by atoms with E-state index in [4.69, 9.17) is 19.2 Å². The molecule has 1 saturated carbocycles. The minimum atomic E-state index is -0.375. The molecule has 0 aliphatic heterocycles. The zero-order valence-corrected chi connectivity index (χ0v) is 20.6. The Hall–Kier alpha value is -3.48. The fourth-order valence-corrected chi connectivity index (χ4v) is 4.24. The van der Waals surface area contributed by atoms with Gasteiger partial charge in [0.25, 0.3) is 0 Å². The molecule has 0 N–H and O–H groups in total. The second kappa shape index (κ2) is 10.8. The lowest BCUT2D eigenvalue weighted by atomic mass is 9.91. The topological polar surface area (TPSA) is 70.5 Å². The summed E-state index contributed by atoms with van der Waals surface area (Å²) in [5.74, 6) is 1.36. The third kappa shape index (κ3) is 5.96. The highest BCUT2D eigenvalue weighted by atomic mass is 19.1. The lowest BCUT2D eigenvalue weighted by Gasteiger charge is -2.17. The molecule has 0 spiro atoms. The smallest absolute Gasteiger partial charge is 0.306 e. The van der Waals surface area contributed by atoms with Crippen molar-refractivity contribution in [3.8, 4) is 22.8 Å². The highest BCUT2D eigenvalue weighted by molar-refractivity contribution is 5.70. The fraction of sp³-hybridized carbons (Fsp3) is 0.393. The van der Waals surface area contributed by atoms with Gasteiger partial charge in [-0.25, -0.2) is 4.39 Å². The molecular weight excluding hydrogens is 447 g/mol. The largest absolute Gasteiger partial charge is 0.497 e. The number of ether oxygens (including phenoxy) is 3. The van der Waals surface area contributed by atoms with E-state index in [-0.39, 0.29) is 30.2 Å². The third-order valence-electron chi connectivity index (χ3n) is 6.30. The van der Waals surface area contributed by atoms with Crippen LogP contribution in [0.5, 0.6) is 11.5 Å². The first-order chi connectivity index (χ1) is 16.9. The molecule has 35 heavy (non-hydrogen) atoms. The first-order valence-electron chi connectivity index (χ1n) is 11.9. The van der Waals surface area contributed by atoms with Crippen molar-refractivity contribution in [2.45, 2.75) is 51.6 Å². The molecule has 1 atom stereocenters. The number of esters is 1. The van der Waals surface area contributed by atoms with Crippen LogP contribution in [-0.4, -0.2) is 30.2 Å². The van der Waals surface area contributed by atoms with Crippen molar-refractivity contribution in [3.05, 3.63) is 71.4 Å². The fourth-order valence-electron chi connectivity index (χ4n) is 4.24. The SMILES string of the molecule is COC(=O)C[C@H](c1cccc(OCc2cnc(-c3cc(OC)ccc3F)c(C(C)C)n2)c1)C1CC1. The van der Waals surface area contributed by atoms with Crippen LogP contribution in [0.4, 0.5) is 4.39 Å². The van der Waals surface area contributed by atoms with E-state index in [0.29, 0.717) is 46.5 Å². The van der Waals surface area contributed by atoms with Crippen molar-refractivity contribution < 1.29 is 23.4 Å². The van der Waals surface area contributed by atoms with Crippen LogP contribution < -0.4 is 9.47 Å². The van der Waals surface area contributed by atoms with Crippen molar-refractivity contribution in [3.63, 3.8) is 0 Å². The molecule has 1 aromatic heterocycles. The monoisotopic (exact) mass is 478 g/mol. The van der Waals surface area contributed by atoms with Crippen molar-refractivity contribution in [1.29, 1.82) is 0 Å². The Labute approximate surface area is 205 Å². The predicted molar refractivity (Wildman–Crippen MR) is 131 cm³/mol. The molecule has 1 aliphatic rings. The van der Waals surface area contributed by atoms with Gasteiger partial charge in [0.05, 0.1) is 43.9 Å². The number of aromatic nitrogens is 2. The van der Waals surface area contributed by atoms with Crippen molar-refractivity contribution in [2.75, 3.05) is 14.2 Å². The summed E-state index contributed by atoms with van der Waals surface area (Å²) in [6.07, 6.45) is 4.24. The second-order valence-corrected chi connectivity index (χ2v) is 9.18. The second-order valence-electron chi connectivity index (χ2n) is 9.18. The van der Waals surface area contributed by atoms with Crippen molar-refractivity contribution in [2.24, 2.45) is 5.92 Å². The molecule has 2 aromatic carbocycles. The summed E-state index contributed by atoms with van der Waals surface area (Å²) in [4.78, 5) is 21.2. The van der Waals surface area contributed by atoms with Gasteiger partial charge in [0.15, 0.2) is 0 Å². The van der Waals surface area contributed by atoms with Gasteiger partial charge in [-0.3, -0.25) is 14.8 Å². The number of carbonyl (C=O) groups excluding carboxylic acids is 1. The molecule has 3 aromatic rings. The molecule has 1 aliphatic carbocycles.